The fourth-order valence-electron chi connectivity index (χ4n) is 1.07. The van der Waals surface area contributed by atoms with Crippen LogP contribution in [0.1, 0.15) is 23.7 Å². The van der Waals surface area contributed by atoms with Crippen molar-refractivity contribution in [2.45, 2.75) is 19.4 Å². The Morgan fingerprint density at radius 3 is 3.00 bits per heavy atom. The van der Waals surface area contributed by atoms with Crippen LogP contribution in [0.5, 0.6) is 0 Å². The van der Waals surface area contributed by atoms with Gasteiger partial charge in [0.1, 0.15) is 5.82 Å². The Morgan fingerprint density at radius 1 is 1.67 bits per heavy atom. The number of hydrogen-bond acceptors (Lipinski definition) is 4. The molecule has 0 fully saturated rings. The minimum Gasteiger partial charge on any atom is -0.478 e. The first-order valence-corrected chi connectivity index (χ1v) is 4.71. The highest BCUT2D eigenvalue weighted by molar-refractivity contribution is 5.88. The summed E-state index contributed by atoms with van der Waals surface area (Å²) in [6.45, 7) is 2.26. The van der Waals surface area contributed by atoms with Gasteiger partial charge in [0.25, 0.3) is 0 Å². The summed E-state index contributed by atoms with van der Waals surface area (Å²) in [4.78, 5) is 14.6. The predicted octanol–water partition coefficient (Wildman–Crippen LogP) is 0.963. The molecule has 15 heavy (non-hydrogen) atoms. The molecule has 0 radical (unpaired) electrons. The molecule has 1 atom stereocenters. The van der Waals surface area contributed by atoms with Crippen molar-refractivity contribution < 1.29 is 15.0 Å². The lowest BCUT2D eigenvalue weighted by Gasteiger charge is -2.07. The van der Waals surface area contributed by atoms with Crippen LogP contribution in [-0.2, 0) is 0 Å². The SMILES string of the molecule is C[C@H](O)CCNc1cc(C(=O)O)ccn1. The van der Waals surface area contributed by atoms with Crippen molar-refractivity contribution >= 4 is 11.8 Å². The van der Waals surface area contributed by atoms with E-state index in [1.165, 1.54) is 18.3 Å². The highest BCUT2D eigenvalue weighted by Gasteiger charge is 2.03. The molecule has 0 unspecified atom stereocenters. The van der Waals surface area contributed by atoms with E-state index >= 15 is 0 Å². The molecule has 0 saturated heterocycles. The molecule has 0 aliphatic carbocycles. The number of pyridine rings is 1. The zero-order chi connectivity index (χ0) is 11.3. The predicted molar refractivity (Wildman–Crippen MR) is 56.0 cm³/mol. The number of hydrogen-bond donors (Lipinski definition) is 3. The summed E-state index contributed by atoms with van der Waals surface area (Å²) >= 11 is 0. The number of aromatic carboxylic acids is 1. The first-order chi connectivity index (χ1) is 7.09. The highest BCUT2D eigenvalue weighted by atomic mass is 16.4. The number of aliphatic hydroxyl groups is 1. The van der Waals surface area contributed by atoms with Crippen LogP contribution in [0.4, 0.5) is 5.82 Å². The summed E-state index contributed by atoms with van der Waals surface area (Å²) < 4.78 is 0. The Hall–Kier alpha value is -1.62. The summed E-state index contributed by atoms with van der Waals surface area (Å²) in [6.07, 6.45) is 1.66. The van der Waals surface area contributed by atoms with E-state index in [-0.39, 0.29) is 11.7 Å². The molecular weight excluding hydrogens is 196 g/mol. The number of carboxylic acids is 1. The van der Waals surface area contributed by atoms with Gasteiger partial charge in [-0.15, -0.1) is 0 Å². The summed E-state index contributed by atoms with van der Waals surface area (Å²) in [5, 5.41) is 20.7. The van der Waals surface area contributed by atoms with E-state index < -0.39 is 5.97 Å². The Morgan fingerprint density at radius 2 is 2.40 bits per heavy atom. The maximum Gasteiger partial charge on any atom is 0.335 e. The minimum absolute atomic E-state index is 0.199. The molecule has 1 aromatic rings. The number of carboxylic acid groups (broad SMARTS) is 1. The quantitative estimate of drug-likeness (QED) is 0.674. The van der Waals surface area contributed by atoms with E-state index in [4.69, 9.17) is 10.2 Å². The first kappa shape index (κ1) is 11.5. The Labute approximate surface area is 87.8 Å². The number of rotatable bonds is 5. The van der Waals surface area contributed by atoms with Gasteiger partial charge < -0.3 is 15.5 Å². The topological polar surface area (TPSA) is 82.5 Å². The van der Waals surface area contributed by atoms with Crippen LogP contribution in [0.15, 0.2) is 18.3 Å². The Balaban J connectivity index is 2.54. The molecule has 82 valence electrons. The van der Waals surface area contributed by atoms with E-state index in [9.17, 15) is 4.79 Å². The third kappa shape index (κ3) is 3.95. The van der Waals surface area contributed by atoms with Crippen molar-refractivity contribution in [3.63, 3.8) is 0 Å². The molecule has 5 nitrogen and oxygen atoms in total. The molecule has 0 aliphatic rings. The fourth-order valence-corrected chi connectivity index (χ4v) is 1.07. The van der Waals surface area contributed by atoms with Crippen molar-refractivity contribution in [1.29, 1.82) is 0 Å². The maximum atomic E-state index is 10.6. The van der Waals surface area contributed by atoms with Gasteiger partial charge in [0.05, 0.1) is 11.7 Å². The largest absolute Gasteiger partial charge is 0.478 e. The Kier molecular flexibility index (Phi) is 4.05. The molecular formula is C10H14N2O3. The van der Waals surface area contributed by atoms with Crippen molar-refractivity contribution in [2.24, 2.45) is 0 Å². The number of nitrogens with one attached hydrogen (secondary N) is 1. The molecule has 0 amide bonds. The number of carbonyl (C=O) groups is 1. The highest BCUT2D eigenvalue weighted by Crippen LogP contribution is 2.06. The second-order valence-electron chi connectivity index (χ2n) is 3.30. The van der Waals surface area contributed by atoms with E-state index in [2.05, 4.69) is 10.3 Å². The molecule has 3 N–H and O–H groups in total. The number of aromatic nitrogens is 1. The molecule has 0 spiro atoms. The molecule has 0 bridgehead atoms. The van der Waals surface area contributed by atoms with Crippen LogP contribution >= 0.6 is 0 Å². The first-order valence-electron chi connectivity index (χ1n) is 4.71. The molecule has 0 aliphatic heterocycles. The van der Waals surface area contributed by atoms with Gasteiger partial charge in [0, 0.05) is 12.7 Å². The van der Waals surface area contributed by atoms with Crippen LogP contribution in [0.25, 0.3) is 0 Å². The minimum atomic E-state index is -0.976. The van der Waals surface area contributed by atoms with Gasteiger partial charge >= 0.3 is 5.97 Å². The summed E-state index contributed by atoms with van der Waals surface area (Å²) in [7, 11) is 0. The lowest BCUT2D eigenvalue weighted by atomic mass is 10.2. The van der Waals surface area contributed by atoms with Crippen molar-refractivity contribution in [3.8, 4) is 0 Å². The average molecular weight is 210 g/mol. The van der Waals surface area contributed by atoms with Crippen molar-refractivity contribution in [3.05, 3.63) is 23.9 Å². The second-order valence-corrected chi connectivity index (χ2v) is 3.30. The zero-order valence-corrected chi connectivity index (χ0v) is 8.47. The van der Waals surface area contributed by atoms with E-state index in [0.29, 0.717) is 18.8 Å². The van der Waals surface area contributed by atoms with Gasteiger partial charge in [0.15, 0.2) is 0 Å². The lowest BCUT2D eigenvalue weighted by Crippen LogP contribution is -2.11. The van der Waals surface area contributed by atoms with Crippen LogP contribution in [-0.4, -0.2) is 33.8 Å². The van der Waals surface area contributed by atoms with Crippen molar-refractivity contribution in [1.82, 2.24) is 4.98 Å². The monoisotopic (exact) mass is 210 g/mol. The van der Waals surface area contributed by atoms with E-state index in [1.807, 2.05) is 0 Å². The smallest absolute Gasteiger partial charge is 0.335 e. The van der Waals surface area contributed by atoms with Crippen LogP contribution < -0.4 is 5.32 Å². The van der Waals surface area contributed by atoms with E-state index in [1.54, 1.807) is 6.92 Å². The standard InChI is InChI=1S/C10H14N2O3/c1-7(13)2-4-11-9-6-8(10(14)15)3-5-12-9/h3,5-7,13H,2,4H2,1H3,(H,11,12)(H,14,15)/t7-/m0/s1. The van der Waals surface area contributed by atoms with Gasteiger partial charge in [-0.05, 0) is 25.5 Å². The van der Waals surface area contributed by atoms with Crippen molar-refractivity contribution in [2.75, 3.05) is 11.9 Å². The maximum absolute atomic E-state index is 10.6. The van der Waals surface area contributed by atoms with Gasteiger partial charge in [-0.25, -0.2) is 9.78 Å². The molecule has 0 aromatic carbocycles. The van der Waals surface area contributed by atoms with Crippen LogP contribution in [0.3, 0.4) is 0 Å². The number of nitrogens with zero attached hydrogens (tertiary/aromatic N) is 1. The number of aliphatic hydroxyl groups excluding tert-OH is 1. The molecule has 1 aromatic heterocycles. The van der Waals surface area contributed by atoms with Crippen LogP contribution in [0, 0.1) is 0 Å². The molecule has 1 rings (SSSR count). The molecule has 0 saturated carbocycles. The third-order valence-corrected chi connectivity index (χ3v) is 1.88. The fraction of sp³-hybridized carbons (Fsp3) is 0.400. The lowest BCUT2D eigenvalue weighted by molar-refractivity contribution is 0.0696. The van der Waals surface area contributed by atoms with Gasteiger partial charge in [-0.1, -0.05) is 0 Å². The summed E-state index contributed by atoms with van der Waals surface area (Å²) in [5.41, 5.74) is 0.199. The van der Waals surface area contributed by atoms with E-state index in [0.717, 1.165) is 0 Å². The summed E-state index contributed by atoms with van der Waals surface area (Å²) in [6, 6.07) is 2.90. The molecule has 1 heterocycles. The third-order valence-electron chi connectivity index (χ3n) is 1.88. The zero-order valence-electron chi connectivity index (χ0n) is 8.47. The molecule has 5 heteroatoms. The normalized spacial score (nSPS) is 12.1. The Bertz CT molecular complexity index is 339. The second kappa shape index (κ2) is 5.31. The summed E-state index contributed by atoms with van der Waals surface area (Å²) in [5.74, 6) is -0.466. The van der Waals surface area contributed by atoms with Gasteiger partial charge in [-0.2, -0.15) is 0 Å². The average Bonchev–Trinajstić information content (AvgIpc) is 2.17. The van der Waals surface area contributed by atoms with Crippen LogP contribution in [0.2, 0.25) is 0 Å². The van der Waals surface area contributed by atoms with Gasteiger partial charge in [0.2, 0.25) is 0 Å². The van der Waals surface area contributed by atoms with Gasteiger partial charge in [-0.3, -0.25) is 0 Å². The number of anilines is 1.